The summed E-state index contributed by atoms with van der Waals surface area (Å²) in [5.41, 5.74) is 0.415. The predicted octanol–water partition coefficient (Wildman–Crippen LogP) is 3.29. The highest BCUT2D eigenvalue weighted by molar-refractivity contribution is 5.61. The number of nitrogens with zero attached hydrogens (tertiary/aromatic N) is 2. The molecule has 0 unspecified atom stereocenters. The van der Waals surface area contributed by atoms with E-state index >= 15 is 0 Å². The fourth-order valence-corrected chi connectivity index (χ4v) is 1.12. The fourth-order valence-electron chi connectivity index (χ4n) is 1.12. The van der Waals surface area contributed by atoms with Crippen molar-refractivity contribution in [2.75, 3.05) is 0 Å². The van der Waals surface area contributed by atoms with Crippen molar-refractivity contribution in [1.82, 2.24) is 0 Å². The van der Waals surface area contributed by atoms with Crippen molar-refractivity contribution in [2.24, 2.45) is 0 Å². The van der Waals surface area contributed by atoms with Gasteiger partial charge in [-0.05, 0) is 32.9 Å². The Morgan fingerprint density at radius 2 is 2.07 bits per heavy atom. The van der Waals surface area contributed by atoms with Crippen LogP contribution < -0.4 is 4.74 Å². The molecule has 0 fully saturated rings. The summed E-state index contributed by atoms with van der Waals surface area (Å²) in [4.78, 5) is 3.28. The van der Waals surface area contributed by atoms with Crippen molar-refractivity contribution in [3.63, 3.8) is 0 Å². The number of hydrogen-bond donors (Lipinski definition) is 0. The number of benzene rings is 1. The molecule has 3 nitrogen and oxygen atoms in total. The second kappa shape index (κ2) is 4.02. The minimum atomic E-state index is -0.298. The number of nitriles is 1. The molecule has 0 spiro atoms. The summed E-state index contributed by atoms with van der Waals surface area (Å²) in [6, 6.07) is 6.87. The van der Waals surface area contributed by atoms with E-state index in [0.29, 0.717) is 17.0 Å². The van der Waals surface area contributed by atoms with Crippen molar-refractivity contribution in [3.05, 3.63) is 35.2 Å². The summed E-state index contributed by atoms with van der Waals surface area (Å²) in [6.45, 7) is 12.7. The molecule has 0 aliphatic carbocycles. The van der Waals surface area contributed by atoms with Crippen LogP contribution in [0.4, 0.5) is 5.69 Å². The summed E-state index contributed by atoms with van der Waals surface area (Å²) < 4.78 is 5.59. The first kappa shape index (κ1) is 11.1. The predicted molar refractivity (Wildman–Crippen MR) is 57.8 cm³/mol. The minimum Gasteiger partial charge on any atom is -0.489 e. The Labute approximate surface area is 89.7 Å². The van der Waals surface area contributed by atoms with Crippen molar-refractivity contribution >= 4 is 5.69 Å². The molecule has 0 N–H and O–H groups in total. The van der Waals surface area contributed by atoms with Gasteiger partial charge < -0.3 is 4.74 Å². The lowest BCUT2D eigenvalue weighted by Crippen LogP contribution is -2.22. The van der Waals surface area contributed by atoms with Crippen LogP contribution in [0.5, 0.6) is 5.75 Å². The van der Waals surface area contributed by atoms with Gasteiger partial charge >= 0.3 is 0 Å². The van der Waals surface area contributed by atoms with Crippen LogP contribution >= 0.6 is 0 Å². The molecule has 0 amide bonds. The zero-order valence-corrected chi connectivity index (χ0v) is 9.03. The quantitative estimate of drug-likeness (QED) is 0.652. The number of ether oxygens (including phenoxy) is 1. The zero-order valence-electron chi connectivity index (χ0n) is 9.03. The molecule has 0 saturated heterocycles. The molecule has 1 aromatic rings. The monoisotopic (exact) mass is 200 g/mol. The average molecular weight is 200 g/mol. The number of rotatable bonds is 1. The summed E-state index contributed by atoms with van der Waals surface area (Å²) in [5, 5.41) is 8.74. The second-order valence-electron chi connectivity index (χ2n) is 4.12. The van der Waals surface area contributed by atoms with Crippen molar-refractivity contribution in [3.8, 4) is 11.8 Å². The Hall–Kier alpha value is -2.00. The Morgan fingerprint density at radius 1 is 1.40 bits per heavy atom. The first-order valence-electron chi connectivity index (χ1n) is 4.57. The molecular weight excluding hydrogens is 188 g/mol. The molecule has 3 heteroatoms. The van der Waals surface area contributed by atoms with Gasteiger partial charge in [0, 0.05) is 0 Å². The molecule has 15 heavy (non-hydrogen) atoms. The molecule has 0 bridgehead atoms. The van der Waals surface area contributed by atoms with E-state index in [1.165, 1.54) is 0 Å². The lowest BCUT2D eigenvalue weighted by atomic mass is 10.1. The van der Waals surface area contributed by atoms with Gasteiger partial charge in [0.25, 0.3) is 0 Å². The van der Waals surface area contributed by atoms with Crippen LogP contribution in [-0.2, 0) is 0 Å². The molecule has 0 aromatic heterocycles. The third-order valence-corrected chi connectivity index (χ3v) is 1.63. The Morgan fingerprint density at radius 3 is 2.53 bits per heavy atom. The van der Waals surface area contributed by atoms with Crippen molar-refractivity contribution < 1.29 is 4.74 Å². The van der Waals surface area contributed by atoms with Gasteiger partial charge in [-0.1, -0.05) is 6.07 Å². The highest BCUT2D eigenvalue weighted by Crippen LogP contribution is 2.26. The van der Waals surface area contributed by atoms with Crippen LogP contribution in [0, 0.1) is 17.9 Å². The molecule has 1 rings (SSSR count). The Bertz CT molecular complexity index is 444. The van der Waals surface area contributed by atoms with Gasteiger partial charge in [0.05, 0.1) is 18.2 Å². The van der Waals surface area contributed by atoms with Gasteiger partial charge in [0.1, 0.15) is 11.4 Å². The van der Waals surface area contributed by atoms with Crippen LogP contribution in [0.1, 0.15) is 26.3 Å². The van der Waals surface area contributed by atoms with Crippen LogP contribution in [-0.4, -0.2) is 5.60 Å². The molecule has 0 heterocycles. The molecule has 0 aliphatic heterocycles. The second-order valence-corrected chi connectivity index (χ2v) is 4.12. The molecule has 1 aromatic carbocycles. The molecule has 0 atom stereocenters. The first-order valence-corrected chi connectivity index (χ1v) is 4.57. The fraction of sp³-hybridized carbons (Fsp3) is 0.333. The van der Waals surface area contributed by atoms with E-state index < -0.39 is 0 Å². The average Bonchev–Trinajstić information content (AvgIpc) is 2.15. The van der Waals surface area contributed by atoms with Crippen LogP contribution in [0.2, 0.25) is 0 Å². The van der Waals surface area contributed by atoms with Gasteiger partial charge in [-0.15, -0.1) is 0 Å². The lowest BCUT2D eigenvalue weighted by Gasteiger charge is -2.21. The van der Waals surface area contributed by atoms with E-state index in [1.807, 2.05) is 26.8 Å². The summed E-state index contributed by atoms with van der Waals surface area (Å²) in [7, 11) is 0. The largest absolute Gasteiger partial charge is 0.489 e. The van der Waals surface area contributed by atoms with Crippen molar-refractivity contribution in [2.45, 2.75) is 26.4 Å². The lowest BCUT2D eigenvalue weighted by molar-refractivity contribution is 0.131. The maximum absolute atomic E-state index is 8.74. The molecule has 0 aliphatic rings. The first-order chi connectivity index (χ1) is 6.96. The molecule has 76 valence electrons. The SMILES string of the molecule is [C-]#[N+]c1cc(OC(C)(C)C)ccc1C#N. The van der Waals surface area contributed by atoms with Gasteiger partial charge in [0.2, 0.25) is 5.69 Å². The smallest absolute Gasteiger partial charge is 0.208 e. The van der Waals surface area contributed by atoms with Gasteiger partial charge in [-0.3, -0.25) is 0 Å². The molecule has 0 radical (unpaired) electrons. The van der Waals surface area contributed by atoms with E-state index in [4.69, 9.17) is 16.6 Å². The van der Waals surface area contributed by atoms with Crippen molar-refractivity contribution in [1.29, 1.82) is 5.26 Å². The van der Waals surface area contributed by atoms with E-state index in [0.717, 1.165) is 0 Å². The molecule has 0 saturated carbocycles. The van der Waals surface area contributed by atoms with E-state index in [2.05, 4.69) is 4.85 Å². The number of hydrogen-bond acceptors (Lipinski definition) is 2. The third kappa shape index (κ3) is 3.00. The van der Waals surface area contributed by atoms with E-state index in [1.54, 1.807) is 18.2 Å². The highest BCUT2D eigenvalue weighted by Gasteiger charge is 2.12. The normalized spacial score (nSPS) is 10.2. The highest BCUT2D eigenvalue weighted by atomic mass is 16.5. The standard InChI is InChI=1S/C12H12N2O/c1-12(2,3)15-10-6-5-9(8-13)11(7-10)14-4/h5-7H,1-3H3. The summed E-state index contributed by atoms with van der Waals surface area (Å²) >= 11 is 0. The van der Waals surface area contributed by atoms with E-state index in [-0.39, 0.29) is 5.60 Å². The van der Waals surface area contributed by atoms with E-state index in [9.17, 15) is 0 Å². The van der Waals surface area contributed by atoms with Crippen LogP contribution in [0.3, 0.4) is 0 Å². The van der Waals surface area contributed by atoms with Crippen LogP contribution in [0.25, 0.3) is 4.85 Å². The maximum Gasteiger partial charge on any atom is 0.208 e. The maximum atomic E-state index is 8.74. The van der Waals surface area contributed by atoms with Crippen LogP contribution in [0.15, 0.2) is 18.2 Å². The van der Waals surface area contributed by atoms with Gasteiger partial charge in [0.15, 0.2) is 0 Å². The minimum absolute atomic E-state index is 0.298. The van der Waals surface area contributed by atoms with Gasteiger partial charge in [-0.25, -0.2) is 4.85 Å². The topological polar surface area (TPSA) is 37.4 Å². The summed E-state index contributed by atoms with van der Waals surface area (Å²) in [6.07, 6.45) is 0. The zero-order chi connectivity index (χ0) is 11.5. The van der Waals surface area contributed by atoms with Gasteiger partial charge in [-0.2, -0.15) is 5.26 Å². The Balaban J connectivity index is 3.07. The third-order valence-electron chi connectivity index (χ3n) is 1.63. The Kier molecular flexibility index (Phi) is 2.97. The summed E-state index contributed by atoms with van der Waals surface area (Å²) in [5.74, 6) is 0.618. The molecular formula is C12H12N2O.